The first-order valence-electron chi connectivity index (χ1n) is 12.9. The number of esters is 2. The van der Waals surface area contributed by atoms with Gasteiger partial charge in [-0.2, -0.15) is 0 Å². The fourth-order valence-electron chi connectivity index (χ4n) is 5.31. The number of nitrogens with zero attached hydrogens (tertiary/aromatic N) is 4. The zero-order valence-corrected chi connectivity index (χ0v) is 21.4. The van der Waals surface area contributed by atoms with Gasteiger partial charge in [-0.25, -0.2) is 19.1 Å². The van der Waals surface area contributed by atoms with E-state index >= 15 is 0 Å². The fraction of sp³-hybridized carbons (Fsp3) is 0.276. The van der Waals surface area contributed by atoms with Crippen LogP contribution in [0.1, 0.15) is 62.0 Å². The van der Waals surface area contributed by atoms with Gasteiger partial charge in [0.25, 0.3) is 5.91 Å². The molecule has 2 aromatic carbocycles. The highest BCUT2D eigenvalue weighted by Gasteiger charge is 2.47. The van der Waals surface area contributed by atoms with Gasteiger partial charge in [-0.3, -0.25) is 4.79 Å². The van der Waals surface area contributed by atoms with Gasteiger partial charge in [0, 0.05) is 50.4 Å². The predicted octanol–water partition coefficient (Wildman–Crippen LogP) is 3.82. The third-order valence-electron chi connectivity index (χ3n) is 7.29. The highest BCUT2D eigenvalue weighted by atomic mass is 16.6. The minimum absolute atomic E-state index is 0.205. The summed E-state index contributed by atoms with van der Waals surface area (Å²) in [5, 5.41) is 7.72. The molecule has 1 saturated heterocycles. The number of hydrogen-bond donors (Lipinski definition) is 1. The van der Waals surface area contributed by atoms with E-state index in [9.17, 15) is 14.4 Å². The number of rotatable bonds is 6. The molecule has 2 aromatic heterocycles. The number of carbonyl (C=O) groups excluding carboxylic acids is 3. The van der Waals surface area contributed by atoms with Crippen molar-refractivity contribution in [2.75, 3.05) is 25.0 Å². The molecule has 0 bridgehead atoms. The second kappa shape index (κ2) is 9.86. The first kappa shape index (κ1) is 24.6. The summed E-state index contributed by atoms with van der Waals surface area (Å²) >= 11 is 0. The van der Waals surface area contributed by atoms with E-state index in [4.69, 9.17) is 9.47 Å². The largest absolute Gasteiger partial charge is 0.462 e. The first-order chi connectivity index (χ1) is 19.0. The Balaban J connectivity index is 1.23. The zero-order valence-electron chi connectivity index (χ0n) is 21.4. The standard InChI is InChI=1S/C29H27N5O5/c1-2-38-28(37)23-24(30-16-19-8-4-3-5-9-19)32-34-18-20(17-31-25(23)34)26(35)33-14-12-29(13-15-33)22-11-7-6-10-21(22)27(36)39-29/h3-11,17-18H,2,12-16H2,1H3,(H,30,32). The van der Waals surface area contributed by atoms with Gasteiger partial charge < -0.3 is 19.7 Å². The molecule has 0 aliphatic carbocycles. The molecule has 10 nitrogen and oxygen atoms in total. The van der Waals surface area contributed by atoms with Gasteiger partial charge >= 0.3 is 11.9 Å². The molecule has 2 aliphatic heterocycles. The van der Waals surface area contributed by atoms with Gasteiger partial charge in [-0.1, -0.05) is 48.5 Å². The Bertz CT molecular complexity index is 1570. The average molecular weight is 526 g/mol. The molecule has 0 radical (unpaired) electrons. The van der Waals surface area contributed by atoms with Crippen LogP contribution in [0.3, 0.4) is 0 Å². The molecule has 4 aromatic rings. The molecule has 0 unspecified atom stereocenters. The van der Waals surface area contributed by atoms with Crippen LogP contribution in [-0.4, -0.2) is 57.0 Å². The Kier molecular flexibility index (Phi) is 6.22. The smallest absolute Gasteiger partial charge is 0.345 e. The van der Waals surface area contributed by atoms with E-state index in [0.29, 0.717) is 55.1 Å². The number of fused-ring (bicyclic) bond motifs is 3. The Morgan fingerprint density at radius 3 is 2.59 bits per heavy atom. The topological polar surface area (TPSA) is 115 Å². The molecule has 6 rings (SSSR count). The molecule has 1 N–H and O–H groups in total. The van der Waals surface area contributed by atoms with Crippen LogP contribution in [0.2, 0.25) is 0 Å². The molecule has 1 fully saturated rings. The van der Waals surface area contributed by atoms with Crippen LogP contribution in [0.15, 0.2) is 67.0 Å². The second-order valence-corrected chi connectivity index (χ2v) is 9.62. The van der Waals surface area contributed by atoms with E-state index < -0.39 is 11.6 Å². The molecule has 1 spiro atoms. The summed E-state index contributed by atoms with van der Waals surface area (Å²) in [7, 11) is 0. The van der Waals surface area contributed by atoms with Gasteiger partial charge in [0.15, 0.2) is 11.5 Å². The van der Waals surface area contributed by atoms with Crippen LogP contribution in [0.25, 0.3) is 5.65 Å². The molecular formula is C29H27N5O5. The molecule has 0 saturated carbocycles. The van der Waals surface area contributed by atoms with Crippen molar-refractivity contribution < 1.29 is 23.9 Å². The minimum Gasteiger partial charge on any atom is -0.462 e. The summed E-state index contributed by atoms with van der Waals surface area (Å²) in [5.41, 5.74) is 2.67. The number of piperidine rings is 1. The van der Waals surface area contributed by atoms with Crippen LogP contribution >= 0.6 is 0 Å². The Morgan fingerprint density at radius 2 is 1.82 bits per heavy atom. The highest BCUT2D eigenvalue weighted by molar-refractivity contribution is 6.02. The van der Waals surface area contributed by atoms with Crippen molar-refractivity contribution in [3.8, 4) is 0 Å². The van der Waals surface area contributed by atoms with E-state index in [2.05, 4.69) is 15.4 Å². The van der Waals surface area contributed by atoms with Crippen molar-refractivity contribution in [3.63, 3.8) is 0 Å². The van der Waals surface area contributed by atoms with Crippen LogP contribution < -0.4 is 5.32 Å². The number of likely N-dealkylation sites (tertiary alicyclic amines) is 1. The van der Waals surface area contributed by atoms with Crippen molar-refractivity contribution in [3.05, 3.63) is 94.8 Å². The molecule has 10 heteroatoms. The van der Waals surface area contributed by atoms with Crippen molar-refractivity contribution in [2.24, 2.45) is 0 Å². The van der Waals surface area contributed by atoms with Crippen LogP contribution in [0, 0.1) is 0 Å². The van der Waals surface area contributed by atoms with Gasteiger partial charge in [-0.05, 0) is 18.6 Å². The summed E-state index contributed by atoms with van der Waals surface area (Å²) in [6.45, 7) is 3.25. The Hall–Kier alpha value is -4.73. The average Bonchev–Trinajstić information content (AvgIpc) is 3.47. The zero-order chi connectivity index (χ0) is 27.0. The number of ether oxygens (including phenoxy) is 2. The highest BCUT2D eigenvalue weighted by Crippen LogP contribution is 2.44. The summed E-state index contributed by atoms with van der Waals surface area (Å²) in [5.74, 6) is -0.727. The molecule has 198 valence electrons. The number of hydrogen-bond acceptors (Lipinski definition) is 8. The van der Waals surface area contributed by atoms with Crippen molar-refractivity contribution in [1.82, 2.24) is 19.5 Å². The Morgan fingerprint density at radius 1 is 1.08 bits per heavy atom. The lowest BCUT2D eigenvalue weighted by Gasteiger charge is -2.38. The third-order valence-corrected chi connectivity index (χ3v) is 7.29. The molecule has 4 heterocycles. The summed E-state index contributed by atoms with van der Waals surface area (Å²) in [6, 6.07) is 17.2. The van der Waals surface area contributed by atoms with Crippen molar-refractivity contribution in [1.29, 1.82) is 0 Å². The Labute approximate surface area is 224 Å². The first-order valence-corrected chi connectivity index (χ1v) is 12.9. The molecular weight excluding hydrogens is 498 g/mol. The summed E-state index contributed by atoms with van der Waals surface area (Å²) in [6.07, 6.45) is 4.06. The van der Waals surface area contributed by atoms with Gasteiger partial charge in [-0.15, -0.1) is 5.10 Å². The molecule has 0 atom stereocenters. The lowest BCUT2D eigenvalue weighted by Crippen LogP contribution is -2.45. The predicted molar refractivity (Wildman–Crippen MR) is 141 cm³/mol. The number of anilines is 1. The monoisotopic (exact) mass is 525 g/mol. The van der Waals surface area contributed by atoms with Crippen LogP contribution in [0.5, 0.6) is 0 Å². The van der Waals surface area contributed by atoms with Gasteiger partial charge in [0.1, 0.15) is 11.2 Å². The molecule has 2 aliphatic rings. The number of aromatic nitrogens is 3. The number of carbonyl (C=O) groups is 3. The number of nitrogens with one attached hydrogen (secondary N) is 1. The van der Waals surface area contributed by atoms with Crippen LogP contribution in [0.4, 0.5) is 5.82 Å². The second-order valence-electron chi connectivity index (χ2n) is 9.62. The lowest BCUT2D eigenvalue weighted by atomic mass is 9.83. The number of benzene rings is 2. The fourth-order valence-corrected chi connectivity index (χ4v) is 5.31. The van der Waals surface area contributed by atoms with E-state index in [1.54, 1.807) is 24.1 Å². The van der Waals surface area contributed by atoms with Crippen molar-refractivity contribution in [2.45, 2.75) is 31.9 Å². The summed E-state index contributed by atoms with van der Waals surface area (Å²) in [4.78, 5) is 44.8. The van der Waals surface area contributed by atoms with E-state index in [1.807, 2.05) is 48.5 Å². The normalized spacial score (nSPS) is 15.7. The number of amides is 1. The van der Waals surface area contributed by atoms with Crippen LogP contribution in [-0.2, 0) is 21.6 Å². The lowest BCUT2D eigenvalue weighted by molar-refractivity contribution is -0.0389. The van der Waals surface area contributed by atoms with E-state index in [0.717, 1.165) is 11.1 Å². The third kappa shape index (κ3) is 4.37. The maximum Gasteiger partial charge on any atom is 0.345 e. The molecule has 1 amide bonds. The van der Waals surface area contributed by atoms with E-state index in [1.165, 1.54) is 10.7 Å². The van der Waals surface area contributed by atoms with Gasteiger partial charge in [0.05, 0.1) is 17.7 Å². The minimum atomic E-state index is -0.692. The maximum absolute atomic E-state index is 13.4. The summed E-state index contributed by atoms with van der Waals surface area (Å²) < 4.78 is 12.5. The van der Waals surface area contributed by atoms with Crippen molar-refractivity contribution >= 4 is 29.3 Å². The van der Waals surface area contributed by atoms with Gasteiger partial charge in [0.2, 0.25) is 0 Å². The quantitative estimate of drug-likeness (QED) is 0.378. The molecule has 39 heavy (non-hydrogen) atoms. The maximum atomic E-state index is 13.4. The SMILES string of the molecule is CCOC(=O)c1c(NCc2ccccc2)nn2cc(C(=O)N3CCC4(CC3)OC(=O)c3ccccc34)cnc12. The van der Waals surface area contributed by atoms with E-state index in [-0.39, 0.29) is 24.0 Å².